The lowest BCUT2D eigenvalue weighted by molar-refractivity contribution is 0.414. The number of nitrogens with zero attached hydrogens (tertiary/aromatic N) is 4. The van der Waals surface area contributed by atoms with E-state index in [4.69, 9.17) is 4.74 Å². The van der Waals surface area contributed by atoms with Crippen LogP contribution in [0, 0.1) is 6.92 Å². The van der Waals surface area contributed by atoms with Crippen molar-refractivity contribution in [3.8, 4) is 5.75 Å². The highest BCUT2D eigenvalue weighted by atomic mass is 16.5. The van der Waals surface area contributed by atoms with E-state index in [1.54, 1.807) is 14.2 Å². The first-order valence-electron chi connectivity index (χ1n) is 6.04. The Kier molecular flexibility index (Phi) is 4.17. The van der Waals surface area contributed by atoms with Crippen LogP contribution < -0.4 is 15.4 Å². The van der Waals surface area contributed by atoms with Crippen molar-refractivity contribution in [1.82, 2.24) is 19.7 Å². The van der Waals surface area contributed by atoms with Crippen LogP contribution in [-0.4, -0.2) is 40.5 Å². The summed E-state index contributed by atoms with van der Waals surface area (Å²) >= 11 is 0. The SMILES string of the molecule is CNc1ncnc(NCCn2cc(C)cn2)c1OC. The molecule has 2 rings (SSSR count). The van der Waals surface area contributed by atoms with E-state index in [-0.39, 0.29) is 0 Å². The van der Waals surface area contributed by atoms with Crippen LogP contribution in [0.25, 0.3) is 0 Å². The smallest absolute Gasteiger partial charge is 0.204 e. The highest BCUT2D eigenvalue weighted by molar-refractivity contribution is 5.63. The summed E-state index contributed by atoms with van der Waals surface area (Å²) < 4.78 is 7.19. The molecule has 0 aliphatic heterocycles. The zero-order valence-corrected chi connectivity index (χ0v) is 11.3. The molecule has 0 aromatic carbocycles. The van der Waals surface area contributed by atoms with Crippen molar-refractivity contribution in [2.75, 3.05) is 31.3 Å². The molecule has 0 amide bonds. The molecule has 0 bridgehead atoms. The van der Waals surface area contributed by atoms with Crippen molar-refractivity contribution < 1.29 is 4.74 Å². The molecule has 2 aromatic rings. The van der Waals surface area contributed by atoms with Crippen molar-refractivity contribution in [1.29, 1.82) is 0 Å². The summed E-state index contributed by atoms with van der Waals surface area (Å²) in [7, 11) is 3.39. The summed E-state index contributed by atoms with van der Waals surface area (Å²) in [6.45, 7) is 3.48. The van der Waals surface area contributed by atoms with E-state index in [0.29, 0.717) is 23.9 Å². The van der Waals surface area contributed by atoms with Crippen LogP contribution in [0.4, 0.5) is 11.6 Å². The number of ether oxygens (including phenoxy) is 1. The predicted molar refractivity (Wildman–Crippen MR) is 73.6 cm³/mol. The lowest BCUT2D eigenvalue weighted by Gasteiger charge is -2.12. The lowest BCUT2D eigenvalue weighted by atomic mass is 10.4. The Bertz CT molecular complexity index is 539. The third-order valence-corrected chi connectivity index (χ3v) is 2.64. The molecule has 2 aromatic heterocycles. The van der Waals surface area contributed by atoms with Gasteiger partial charge in [0.05, 0.1) is 19.9 Å². The van der Waals surface area contributed by atoms with Crippen LogP contribution in [-0.2, 0) is 6.54 Å². The van der Waals surface area contributed by atoms with E-state index in [1.165, 1.54) is 6.33 Å². The van der Waals surface area contributed by atoms with Gasteiger partial charge in [-0.05, 0) is 12.5 Å². The molecule has 0 saturated heterocycles. The number of hydrogen-bond donors (Lipinski definition) is 2. The molecular weight excluding hydrogens is 244 g/mol. The van der Waals surface area contributed by atoms with Gasteiger partial charge in [-0.15, -0.1) is 0 Å². The van der Waals surface area contributed by atoms with Crippen LogP contribution in [0.5, 0.6) is 5.75 Å². The van der Waals surface area contributed by atoms with Gasteiger partial charge in [0.25, 0.3) is 0 Å². The third-order valence-electron chi connectivity index (χ3n) is 2.64. The largest absolute Gasteiger partial charge is 0.490 e. The Morgan fingerprint density at radius 2 is 2.11 bits per heavy atom. The van der Waals surface area contributed by atoms with Crippen molar-refractivity contribution >= 4 is 11.6 Å². The van der Waals surface area contributed by atoms with E-state index in [2.05, 4.69) is 25.7 Å². The molecule has 19 heavy (non-hydrogen) atoms. The average molecular weight is 262 g/mol. The molecule has 7 heteroatoms. The van der Waals surface area contributed by atoms with Crippen LogP contribution in [0.3, 0.4) is 0 Å². The van der Waals surface area contributed by atoms with Gasteiger partial charge in [-0.3, -0.25) is 4.68 Å². The summed E-state index contributed by atoms with van der Waals surface area (Å²) in [6.07, 6.45) is 5.33. The minimum atomic E-state index is 0.613. The molecule has 0 unspecified atom stereocenters. The maximum atomic E-state index is 5.30. The van der Waals surface area contributed by atoms with Crippen molar-refractivity contribution in [3.63, 3.8) is 0 Å². The lowest BCUT2D eigenvalue weighted by Crippen LogP contribution is -2.13. The number of hydrogen-bond acceptors (Lipinski definition) is 6. The van der Waals surface area contributed by atoms with Crippen LogP contribution in [0.1, 0.15) is 5.56 Å². The van der Waals surface area contributed by atoms with E-state index in [0.717, 1.165) is 12.1 Å². The molecule has 0 aliphatic carbocycles. The summed E-state index contributed by atoms with van der Waals surface area (Å²) in [5.41, 5.74) is 1.15. The second-order valence-electron chi connectivity index (χ2n) is 4.06. The monoisotopic (exact) mass is 262 g/mol. The average Bonchev–Trinajstić information content (AvgIpc) is 2.84. The van der Waals surface area contributed by atoms with Crippen molar-refractivity contribution in [2.24, 2.45) is 0 Å². The molecule has 0 radical (unpaired) electrons. The molecule has 7 nitrogen and oxygen atoms in total. The van der Waals surface area contributed by atoms with Crippen molar-refractivity contribution in [3.05, 3.63) is 24.3 Å². The molecule has 0 atom stereocenters. The summed E-state index contributed by atoms with van der Waals surface area (Å²) in [4.78, 5) is 8.27. The molecule has 2 heterocycles. The van der Waals surface area contributed by atoms with Crippen LogP contribution in [0.15, 0.2) is 18.7 Å². The number of aryl methyl sites for hydroxylation is 1. The summed E-state index contributed by atoms with van der Waals surface area (Å²) in [5, 5.41) is 10.4. The van der Waals surface area contributed by atoms with Gasteiger partial charge >= 0.3 is 0 Å². The fourth-order valence-electron chi connectivity index (χ4n) is 1.75. The molecule has 0 saturated carbocycles. The molecule has 0 spiro atoms. The van der Waals surface area contributed by atoms with Crippen LogP contribution >= 0.6 is 0 Å². The van der Waals surface area contributed by atoms with Gasteiger partial charge in [-0.1, -0.05) is 0 Å². The molecule has 0 fully saturated rings. The first-order valence-corrected chi connectivity index (χ1v) is 6.04. The molecule has 2 N–H and O–H groups in total. The van der Waals surface area contributed by atoms with Gasteiger partial charge in [-0.2, -0.15) is 5.10 Å². The number of nitrogens with one attached hydrogen (secondary N) is 2. The van der Waals surface area contributed by atoms with Gasteiger partial charge in [0.15, 0.2) is 11.6 Å². The second-order valence-corrected chi connectivity index (χ2v) is 4.06. The minimum absolute atomic E-state index is 0.613. The highest BCUT2D eigenvalue weighted by Crippen LogP contribution is 2.28. The van der Waals surface area contributed by atoms with E-state index >= 15 is 0 Å². The maximum absolute atomic E-state index is 5.30. The first kappa shape index (κ1) is 13.1. The zero-order valence-electron chi connectivity index (χ0n) is 11.3. The van der Waals surface area contributed by atoms with E-state index in [1.807, 2.05) is 24.0 Å². The Morgan fingerprint density at radius 1 is 1.32 bits per heavy atom. The van der Waals surface area contributed by atoms with Crippen molar-refractivity contribution in [2.45, 2.75) is 13.5 Å². The first-order chi connectivity index (χ1) is 9.24. The molecular formula is C12H18N6O. The third kappa shape index (κ3) is 3.12. The Balaban J connectivity index is 1.99. The van der Waals surface area contributed by atoms with Gasteiger partial charge in [-0.25, -0.2) is 9.97 Å². The van der Waals surface area contributed by atoms with E-state index in [9.17, 15) is 0 Å². The quantitative estimate of drug-likeness (QED) is 0.813. The van der Waals surface area contributed by atoms with Gasteiger partial charge < -0.3 is 15.4 Å². The predicted octanol–water partition coefficient (Wildman–Crippen LogP) is 1.14. The molecule has 102 valence electrons. The Labute approximate surface area is 112 Å². The minimum Gasteiger partial charge on any atom is -0.490 e. The number of rotatable bonds is 6. The van der Waals surface area contributed by atoms with Gasteiger partial charge in [0.2, 0.25) is 5.75 Å². The second kappa shape index (κ2) is 6.03. The number of methoxy groups -OCH3 is 1. The number of aromatic nitrogens is 4. The van der Waals surface area contributed by atoms with Crippen LogP contribution in [0.2, 0.25) is 0 Å². The zero-order chi connectivity index (χ0) is 13.7. The molecule has 0 aliphatic rings. The van der Waals surface area contributed by atoms with Gasteiger partial charge in [0.1, 0.15) is 6.33 Å². The summed E-state index contributed by atoms with van der Waals surface area (Å²) in [5.74, 6) is 1.95. The maximum Gasteiger partial charge on any atom is 0.204 e. The van der Waals surface area contributed by atoms with Gasteiger partial charge in [0, 0.05) is 19.8 Å². The number of anilines is 2. The highest BCUT2D eigenvalue weighted by Gasteiger charge is 2.10. The summed E-state index contributed by atoms with van der Waals surface area (Å²) in [6, 6.07) is 0. The topological polar surface area (TPSA) is 76.9 Å². The van der Waals surface area contributed by atoms with E-state index < -0.39 is 0 Å². The standard InChI is InChI=1S/C12H18N6O/c1-9-6-17-18(7-9)5-4-14-12-10(19-3)11(13-2)15-8-16-12/h6-8H,4-5H2,1-3H3,(H2,13,14,15,16). The Morgan fingerprint density at radius 3 is 2.74 bits per heavy atom. The fraction of sp³-hybridized carbons (Fsp3) is 0.417. The fourth-order valence-corrected chi connectivity index (χ4v) is 1.75. The normalized spacial score (nSPS) is 10.3. The Hall–Kier alpha value is -2.31.